The SMILES string of the molecule is COC(=O)C(CC(=O)Cc1ccccc1)NC(=O)OC(C)(C)C. The van der Waals surface area contributed by atoms with E-state index in [9.17, 15) is 14.4 Å². The van der Waals surface area contributed by atoms with Crippen LogP contribution in [0.25, 0.3) is 0 Å². The minimum absolute atomic E-state index is 0.152. The van der Waals surface area contributed by atoms with E-state index in [1.165, 1.54) is 7.11 Å². The van der Waals surface area contributed by atoms with E-state index in [0.29, 0.717) is 0 Å². The van der Waals surface area contributed by atoms with Crippen molar-refractivity contribution in [2.75, 3.05) is 7.11 Å². The van der Waals surface area contributed by atoms with Gasteiger partial charge in [0.15, 0.2) is 0 Å². The summed E-state index contributed by atoms with van der Waals surface area (Å²) in [6, 6.07) is 8.11. The fourth-order valence-corrected chi connectivity index (χ4v) is 1.91. The van der Waals surface area contributed by atoms with Crippen LogP contribution in [0.3, 0.4) is 0 Å². The summed E-state index contributed by atoms with van der Waals surface area (Å²) in [5.41, 5.74) is 0.150. The second-order valence-corrected chi connectivity index (χ2v) is 6.13. The van der Waals surface area contributed by atoms with Crippen LogP contribution in [0.2, 0.25) is 0 Å². The number of amides is 1. The predicted molar refractivity (Wildman–Crippen MR) is 84.9 cm³/mol. The fourth-order valence-electron chi connectivity index (χ4n) is 1.91. The molecule has 6 heteroatoms. The maximum atomic E-state index is 12.1. The molecule has 1 N–H and O–H groups in total. The van der Waals surface area contributed by atoms with Crippen molar-refractivity contribution in [3.05, 3.63) is 35.9 Å². The van der Waals surface area contributed by atoms with Gasteiger partial charge in [0, 0.05) is 12.8 Å². The van der Waals surface area contributed by atoms with E-state index in [2.05, 4.69) is 10.1 Å². The smallest absolute Gasteiger partial charge is 0.408 e. The average Bonchev–Trinajstić information content (AvgIpc) is 2.44. The number of alkyl carbamates (subject to hydrolysis) is 1. The van der Waals surface area contributed by atoms with Crippen molar-refractivity contribution >= 4 is 17.8 Å². The number of Topliss-reactive ketones (excluding diaryl/α,β-unsaturated/α-hetero) is 1. The number of rotatable bonds is 6. The van der Waals surface area contributed by atoms with Crippen molar-refractivity contribution in [1.82, 2.24) is 5.32 Å². The van der Waals surface area contributed by atoms with E-state index in [-0.39, 0.29) is 18.6 Å². The quantitative estimate of drug-likeness (QED) is 0.813. The van der Waals surface area contributed by atoms with Gasteiger partial charge >= 0.3 is 12.1 Å². The van der Waals surface area contributed by atoms with Gasteiger partial charge in [0.1, 0.15) is 17.4 Å². The molecule has 0 radical (unpaired) electrons. The van der Waals surface area contributed by atoms with Gasteiger partial charge in [-0.15, -0.1) is 0 Å². The number of hydrogen-bond acceptors (Lipinski definition) is 5. The number of benzene rings is 1. The molecule has 0 fully saturated rings. The summed E-state index contributed by atoms with van der Waals surface area (Å²) < 4.78 is 9.73. The van der Waals surface area contributed by atoms with Gasteiger partial charge in [0.25, 0.3) is 0 Å². The van der Waals surface area contributed by atoms with Gasteiger partial charge in [-0.3, -0.25) is 4.79 Å². The molecule has 1 aromatic rings. The molecule has 0 aliphatic rings. The highest BCUT2D eigenvalue weighted by Crippen LogP contribution is 2.09. The zero-order valence-corrected chi connectivity index (χ0v) is 13.9. The van der Waals surface area contributed by atoms with Crippen LogP contribution >= 0.6 is 0 Å². The number of esters is 1. The molecule has 1 atom stereocenters. The fraction of sp³-hybridized carbons (Fsp3) is 0.471. The second kappa shape index (κ2) is 8.31. The Kier molecular flexibility index (Phi) is 6.75. The molecule has 0 saturated carbocycles. The first kappa shape index (κ1) is 18.7. The number of ether oxygens (including phenoxy) is 2. The number of ketones is 1. The molecule has 6 nitrogen and oxygen atoms in total. The van der Waals surface area contributed by atoms with Gasteiger partial charge < -0.3 is 14.8 Å². The molecule has 1 rings (SSSR count). The molecule has 0 heterocycles. The van der Waals surface area contributed by atoms with Gasteiger partial charge in [-0.25, -0.2) is 9.59 Å². The Labute approximate surface area is 136 Å². The molecule has 0 aliphatic carbocycles. The molecule has 1 amide bonds. The van der Waals surface area contributed by atoms with Crippen LogP contribution in [0.1, 0.15) is 32.8 Å². The summed E-state index contributed by atoms with van der Waals surface area (Å²) in [7, 11) is 1.20. The first-order valence-corrected chi connectivity index (χ1v) is 7.34. The van der Waals surface area contributed by atoms with Crippen molar-refractivity contribution in [3.8, 4) is 0 Å². The summed E-state index contributed by atoms with van der Waals surface area (Å²) in [6.45, 7) is 5.13. The Morgan fingerprint density at radius 2 is 1.74 bits per heavy atom. The lowest BCUT2D eigenvalue weighted by Crippen LogP contribution is -2.45. The first-order chi connectivity index (χ1) is 10.7. The lowest BCUT2D eigenvalue weighted by Gasteiger charge is -2.22. The highest BCUT2D eigenvalue weighted by molar-refractivity contribution is 5.89. The molecular weight excluding hydrogens is 298 g/mol. The number of carbonyl (C=O) groups excluding carboxylic acids is 3. The minimum Gasteiger partial charge on any atom is -0.467 e. The van der Waals surface area contributed by atoms with Crippen LogP contribution in [0.4, 0.5) is 4.79 Å². The van der Waals surface area contributed by atoms with Crippen molar-refractivity contribution in [3.63, 3.8) is 0 Å². The Morgan fingerprint density at radius 3 is 2.26 bits per heavy atom. The standard InChI is InChI=1S/C17H23NO5/c1-17(2,3)23-16(21)18-14(15(20)22-4)11-13(19)10-12-8-6-5-7-9-12/h5-9,14H,10-11H2,1-4H3,(H,18,21). The van der Waals surface area contributed by atoms with Crippen LogP contribution in [0.15, 0.2) is 30.3 Å². The van der Waals surface area contributed by atoms with Crippen LogP contribution < -0.4 is 5.32 Å². The number of nitrogens with one attached hydrogen (secondary N) is 1. The molecule has 0 bridgehead atoms. The van der Waals surface area contributed by atoms with Gasteiger partial charge in [-0.05, 0) is 26.3 Å². The summed E-state index contributed by atoms with van der Waals surface area (Å²) in [4.78, 5) is 35.6. The van der Waals surface area contributed by atoms with Gasteiger partial charge in [-0.1, -0.05) is 30.3 Å². The molecule has 0 aliphatic heterocycles. The molecule has 0 saturated heterocycles. The van der Waals surface area contributed by atoms with E-state index in [0.717, 1.165) is 5.56 Å². The Bertz CT molecular complexity index is 548. The van der Waals surface area contributed by atoms with E-state index in [1.807, 2.05) is 30.3 Å². The molecule has 0 spiro atoms. The minimum atomic E-state index is -1.06. The summed E-state index contributed by atoms with van der Waals surface area (Å²) in [5, 5.41) is 2.38. The highest BCUT2D eigenvalue weighted by atomic mass is 16.6. The Morgan fingerprint density at radius 1 is 1.13 bits per heavy atom. The van der Waals surface area contributed by atoms with E-state index in [1.54, 1.807) is 20.8 Å². The first-order valence-electron chi connectivity index (χ1n) is 7.34. The van der Waals surface area contributed by atoms with E-state index < -0.39 is 23.7 Å². The predicted octanol–water partition coefficient (Wildman–Crippen LogP) is 2.25. The third-order valence-corrected chi connectivity index (χ3v) is 2.85. The van der Waals surface area contributed by atoms with Crippen molar-refractivity contribution in [2.45, 2.75) is 45.3 Å². The zero-order chi connectivity index (χ0) is 17.5. The van der Waals surface area contributed by atoms with Crippen LogP contribution in [-0.2, 0) is 25.5 Å². The number of hydrogen-bond donors (Lipinski definition) is 1. The maximum absolute atomic E-state index is 12.1. The summed E-state index contributed by atoms with van der Waals surface area (Å²) in [6.07, 6.45) is -0.731. The average molecular weight is 321 g/mol. The molecule has 0 aromatic heterocycles. The van der Waals surface area contributed by atoms with Gasteiger partial charge in [0.05, 0.1) is 7.11 Å². The molecule has 23 heavy (non-hydrogen) atoms. The van der Waals surface area contributed by atoms with E-state index >= 15 is 0 Å². The maximum Gasteiger partial charge on any atom is 0.408 e. The summed E-state index contributed by atoms with van der Waals surface area (Å²) >= 11 is 0. The normalized spacial score (nSPS) is 12.2. The second-order valence-electron chi connectivity index (χ2n) is 6.13. The molecule has 126 valence electrons. The van der Waals surface area contributed by atoms with Gasteiger partial charge in [-0.2, -0.15) is 0 Å². The monoisotopic (exact) mass is 321 g/mol. The summed E-state index contributed by atoms with van der Waals surface area (Å²) in [5.74, 6) is -0.861. The van der Waals surface area contributed by atoms with Crippen molar-refractivity contribution in [2.24, 2.45) is 0 Å². The number of methoxy groups -OCH3 is 1. The lowest BCUT2D eigenvalue weighted by atomic mass is 10.0. The lowest BCUT2D eigenvalue weighted by molar-refractivity contribution is -0.144. The molecule has 1 aromatic carbocycles. The van der Waals surface area contributed by atoms with Crippen LogP contribution in [-0.4, -0.2) is 36.6 Å². The van der Waals surface area contributed by atoms with Gasteiger partial charge in [0.2, 0.25) is 0 Å². The van der Waals surface area contributed by atoms with Crippen LogP contribution in [0, 0.1) is 0 Å². The largest absolute Gasteiger partial charge is 0.467 e. The zero-order valence-electron chi connectivity index (χ0n) is 13.9. The highest BCUT2D eigenvalue weighted by Gasteiger charge is 2.27. The van der Waals surface area contributed by atoms with Crippen molar-refractivity contribution in [1.29, 1.82) is 0 Å². The number of carbonyl (C=O) groups is 3. The Balaban J connectivity index is 2.66. The van der Waals surface area contributed by atoms with Crippen LogP contribution in [0.5, 0.6) is 0 Å². The molecule has 1 unspecified atom stereocenters. The third-order valence-electron chi connectivity index (χ3n) is 2.85. The topological polar surface area (TPSA) is 81.7 Å². The van der Waals surface area contributed by atoms with Crippen molar-refractivity contribution < 1.29 is 23.9 Å². The van der Waals surface area contributed by atoms with E-state index in [4.69, 9.17) is 4.74 Å². The Hall–Kier alpha value is -2.37. The third kappa shape index (κ3) is 7.44. The molecular formula is C17H23NO5.